The number of benzene rings is 1. The van der Waals surface area contributed by atoms with Crippen molar-refractivity contribution in [2.24, 2.45) is 28.6 Å². The van der Waals surface area contributed by atoms with Crippen molar-refractivity contribution < 1.29 is 14.0 Å². The van der Waals surface area contributed by atoms with E-state index in [4.69, 9.17) is 4.11 Å². The molecular formula is C30H39NO2. The molecule has 1 aromatic carbocycles. The molecule has 176 valence electrons. The van der Waals surface area contributed by atoms with Crippen molar-refractivity contribution in [1.82, 2.24) is 0 Å². The number of anilines is 1. The van der Waals surface area contributed by atoms with Gasteiger partial charge in [-0.3, -0.25) is 4.79 Å². The van der Waals surface area contributed by atoms with Crippen LogP contribution in [0.25, 0.3) is 0 Å². The average Bonchev–Trinajstić information content (AvgIpc) is 3.08. The maximum absolute atomic E-state index is 12.4. The highest BCUT2D eigenvalue weighted by Crippen LogP contribution is 2.70. The largest absolute Gasteiger partial charge is 0.378 e. The minimum absolute atomic E-state index is 0.0336. The molecule has 0 bridgehead atoms. The van der Waals surface area contributed by atoms with E-state index in [1.165, 1.54) is 11.1 Å². The van der Waals surface area contributed by atoms with Crippen molar-refractivity contribution in [2.75, 3.05) is 19.0 Å². The van der Waals surface area contributed by atoms with Crippen LogP contribution in [0.1, 0.15) is 81.2 Å². The van der Waals surface area contributed by atoms with Crippen LogP contribution in [0.2, 0.25) is 0 Å². The summed E-state index contributed by atoms with van der Waals surface area (Å²) >= 11 is 0. The molecule has 0 spiro atoms. The zero-order valence-corrected chi connectivity index (χ0v) is 20.4. The van der Waals surface area contributed by atoms with E-state index in [2.05, 4.69) is 54.9 Å². The monoisotopic (exact) mass is 448 g/mol. The first kappa shape index (κ1) is 19.3. The number of nitrogens with zero attached hydrogens (tertiary/aromatic N) is 1. The van der Waals surface area contributed by atoms with Crippen molar-refractivity contribution >= 4 is 11.5 Å². The molecule has 3 nitrogen and oxygen atoms in total. The lowest BCUT2D eigenvalue weighted by atomic mass is 9.43. The molecule has 3 heteroatoms. The van der Waals surface area contributed by atoms with E-state index in [0.717, 1.165) is 37.8 Å². The van der Waals surface area contributed by atoms with E-state index in [1.54, 1.807) is 0 Å². The third-order valence-electron chi connectivity index (χ3n) is 10.2. The highest BCUT2D eigenvalue weighted by molar-refractivity contribution is 5.91. The summed E-state index contributed by atoms with van der Waals surface area (Å²) in [5, 5.41) is 11.9. The second-order valence-corrected chi connectivity index (χ2v) is 11.8. The quantitative estimate of drug-likeness (QED) is 0.587. The highest BCUT2D eigenvalue weighted by Gasteiger charge is 2.66. The Morgan fingerprint density at radius 2 is 1.88 bits per heavy atom. The van der Waals surface area contributed by atoms with Gasteiger partial charge in [0.1, 0.15) is 5.60 Å². The molecule has 0 unspecified atom stereocenters. The Hall–Kier alpha value is -2.05. The van der Waals surface area contributed by atoms with E-state index < -0.39 is 17.9 Å². The predicted octanol–water partition coefficient (Wildman–Crippen LogP) is 5.73. The van der Waals surface area contributed by atoms with Gasteiger partial charge in [-0.2, -0.15) is 0 Å². The summed E-state index contributed by atoms with van der Waals surface area (Å²) < 4.78 is 22.8. The normalized spacial score (nSPS) is 43.5. The lowest BCUT2D eigenvalue weighted by Gasteiger charge is -2.61. The van der Waals surface area contributed by atoms with Gasteiger partial charge in [-0.1, -0.05) is 37.5 Å². The standard InChI is InChI=1S/C30H39NO2/c1-6-15-30(33)17-14-26-24-12-9-21-18-23(32)13-16-28(21,2)27(24)25(19-29(26,30)3)20-7-10-22(11-8-20)31(4)5/h7-8,10-11,18,24-27,33H,9,12-14,16-17,19H2,1-5H3/t24-,25+,26-,27+,28-,29-,30-/m0/s1/i1D3. The summed E-state index contributed by atoms with van der Waals surface area (Å²) in [6, 6.07) is 8.80. The third kappa shape index (κ3) is 3.24. The number of ketones is 1. The van der Waals surface area contributed by atoms with Crippen LogP contribution in [0.3, 0.4) is 0 Å². The van der Waals surface area contributed by atoms with E-state index in [9.17, 15) is 9.90 Å². The first-order chi connectivity index (χ1) is 16.8. The number of hydrogen-bond acceptors (Lipinski definition) is 3. The summed E-state index contributed by atoms with van der Waals surface area (Å²) in [7, 11) is 4.08. The Kier molecular flexibility index (Phi) is 4.52. The number of fused-ring (bicyclic) bond motifs is 5. The topological polar surface area (TPSA) is 40.5 Å². The average molecular weight is 449 g/mol. The van der Waals surface area contributed by atoms with Crippen LogP contribution in [-0.2, 0) is 4.79 Å². The number of aliphatic hydroxyl groups is 1. The Bertz CT molecular complexity index is 1140. The van der Waals surface area contributed by atoms with E-state index in [-0.39, 0.29) is 23.0 Å². The Balaban J connectivity index is 1.63. The lowest BCUT2D eigenvalue weighted by molar-refractivity contribution is -0.122. The zero-order valence-electron chi connectivity index (χ0n) is 23.4. The fraction of sp³-hybridized carbons (Fsp3) is 0.633. The lowest BCUT2D eigenvalue weighted by Crippen LogP contribution is -2.57. The van der Waals surface area contributed by atoms with E-state index >= 15 is 0 Å². The van der Waals surface area contributed by atoms with Gasteiger partial charge in [-0.25, -0.2) is 0 Å². The van der Waals surface area contributed by atoms with Crippen molar-refractivity contribution in [1.29, 1.82) is 0 Å². The maximum atomic E-state index is 12.4. The van der Waals surface area contributed by atoms with Gasteiger partial charge in [-0.15, -0.1) is 5.92 Å². The molecular weight excluding hydrogens is 406 g/mol. The first-order valence-electron chi connectivity index (χ1n) is 14.1. The van der Waals surface area contributed by atoms with Gasteiger partial charge >= 0.3 is 0 Å². The van der Waals surface area contributed by atoms with Crippen molar-refractivity contribution in [3.8, 4) is 11.8 Å². The van der Waals surface area contributed by atoms with Gasteiger partial charge in [-0.05, 0) is 98.2 Å². The van der Waals surface area contributed by atoms with Crippen LogP contribution in [0, 0.1) is 40.4 Å². The molecule has 5 rings (SSSR count). The van der Waals surface area contributed by atoms with Crippen molar-refractivity contribution in [2.45, 2.75) is 77.2 Å². The van der Waals surface area contributed by atoms with Crippen molar-refractivity contribution in [3.05, 3.63) is 41.5 Å². The van der Waals surface area contributed by atoms with E-state index in [1.807, 2.05) is 20.2 Å². The fourth-order valence-electron chi connectivity index (χ4n) is 8.40. The number of hydrogen-bond donors (Lipinski definition) is 1. The molecule has 3 saturated carbocycles. The molecule has 0 saturated heterocycles. The van der Waals surface area contributed by atoms with Crippen molar-refractivity contribution in [3.63, 3.8) is 0 Å². The van der Waals surface area contributed by atoms with Gasteiger partial charge in [0.05, 0.1) is 0 Å². The van der Waals surface area contributed by atoms with Crippen LogP contribution in [0.4, 0.5) is 5.69 Å². The second-order valence-electron chi connectivity index (χ2n) is 11.8. The van der Waals surface area contributed by atoms with Gasteiger partial charge in [0, 0.05) is 35.7 Å². The van der Waals surface area contributed by atoms with Crippen LogP contribution >= 0.6 is 0 Å². The summed E-state index contributed by atoms with van der Waals surface area (Å²) in [5.74, 6) is 6.82. The first-order valence-corrected chi connectivity index (χ1v) is 12.6. The molecule has 7 atom stereocenters. The molecule has 0 radical (unpaired) electrons. The van der Waals surface area contributed by atoms with Gasteiger partial charge < -0.3 is 10.0 Å². The van der Waals surface area contributed by atoms with E-state index in [0.29, 0.717) is 24.7 Å². The second kappa shape index (κ2) is 7.74. The zero-order chi connectivity index (χ0) is 26.1. The van der Waals surface area contributed by atoms with Gasteiger partial charge in [0.15, 0.2) is 5.78 Å². The number of carbonyl (C=O) groups excluding carboxylic acids is 1. The molecule has 0 amide bonds. The summed E-state index contributed by atoms with van der Waals surface area (Å²) in [6.07, 6.45) is 7.52. The van der Waals surface area contributed by atoms with Gasteiger partial charge in [0.2, 0.25) is 0 Å². The SMILES string of the molecule is [2H]C([2H])([2H])C#C[C@]1(O)CC[C@H]2[C@@H]3CCC4=CC(=O)CC[C@]4(C)[C@H]3[C@@H](c3ccc(N(C)C)cc3)C[C@@]21C. The molecule has 1 N–H and O–H groups in total. The molecule has 4 aliphatic carbocycles. The molecule has 33 heavy (non-hydrogen) atoms. The van der Waals surface area contributed by atoms with Gasteiger partial charge in [0.25, 0.3) is 0 Å². The number of carbonyl (C=O) groups is 1. The van der Waals surface area contributed by atoms with Crippen LogP contribution < -0.4 is 4.90 Å². The molecule has 0 aliphatic heterocycles. The molecule has 0 aromatic heterocycles. The predicted molar refractivity (Wildman–Crippen MR) is 134 cm³/mol. The fourth-order valence-corrected chi connectivity index (χ4v) is 8.40. The molecule has 4 aliphatic rings. The molecule has 1 aromatic rings. The smallest absolute Gasteiger partial charge is 0.155 e. The molecule has 3 fully saturated rings. The summed E-state index contributed by atoms with van der Waals surface area (Å²) in [6.45, 7) is 2.16. The maximum Gasteiger partial charge on any atom is 0.155 e. The molecule has 0 heterocycles. The summed E-state index contributed by atoms with van der Waals surface area (Å²) in [4.78, 5) is 14.5. The van der Waals surface area contributed by atoms with Crippen LogP contribution in [0.5, 0.6) is 0 Å². The third-order valence-corrected chi connectivity index (χ3v) is 10.2. The number of rotatable bonds is 2. The Morgan fingerprint density at radius 1 is 1.12 bits per heavy atom. The van der Waals surface area contributed by atoms with Crippen LogP contribution in [-0.4, -0.2) is 30.6 Å². The Labute approximate surface area is 203 Å². The minimum Gasteiger partial charge on any atom is -0.378 e. The van der Waals surface area contributed by atoms with Crippen LogP contribution in [0.15, 0.2) is 35.9 Å². The Morgan fingerprint density at radius 3 is 2.58 bits per heavy atom. The highest BCUT2D eigenvalue weighted by atomic mass is 16.3. The summed E-state index contributed by atoms with van der Waals surface area (Å²) in [5.41, 5.74) is 1.91. The number of allylic oxidation sites excluding steroid dienone is 1. The minimum atomic E-state index is -2.38.